The highest BCUT2D eigenvalue weighted by Gasteiger charge is 2.39. The Hall–Kier alpha value is -2.73. The third-order valence-electron chi connectivity index (χ3n) is 8.08. The molecule has 2 rings (SSSR count). The van der Waals surface area contributed by atoms with Crippen molar-refractivity contribution in [1.82, 2.24) is 21.3 Å². The van der Waals surface area contributed by atoms with Gasteiger partial charge in [0.2, 0.25) is 29.5 Å². The monoisotopic (exact) mass is 663 g/mol. The largest absolute Gasteiger partial charge is 0.368 e. The van der Waals surface area contributed by atoms with E-state index in [1.165, 1.54) is 11.8 Å². The number of primary amides is 1. The van der Waals surface area contributed by atoms with Crippen molar-refractivity contribution in [3.8, 4) is 0 Å². The molecule has 0 radical (unpaired) electrons. The Balaban J connectivity index is 2.47. The van der Waals surface area contributed by atoms with Crippen molar-refractivity contribution in [2.75, 3.05) is 5.75 Å². The molecule has 1 aromatic rings. The van der Waals surface area contributed by atoms with Crippen LogP contribution >= 0.6 is 23.5 Å². The molecule has 10 nitrogen and oxygen atoms in total. The van der Waals surface area contributed by atoms with Crippen LogP contribution in [0.1, 0.15) is 92.2 Å². The summed E-state index contributed by atoms with van der Waals surface area (Å²) in [5, 5.41) is 11.3. The maximum Gasteiger partial charge on any atom is 0.245 e. The standard InChI is InChI=1S/C33H53N5O5S2/c1-9-21(4)26-30(42)37-27(28(34)40)33(7,8)45-19-23-12-10-11-22(17-23)18-44-16-15-25(39)38-32(5,6)31(43)35-24(29(41)36-26)14-13-20(2)3/h10-12,17,20-21,24,26-27H,9,13-16,18-19H2,1-8H3,(H2,34,40)(H,35,43)(H,36,41)(H,37,42)(H,38,39)/t21-,24-,26-,27+/m0/s1. The lowest BCUT2D eigenvalue weighted by Gasteiger charge is -2.35. The minimum Gasteiger partial charge on any atom is -0.368 e. The quantitative estimate of drug-likeness (QED) is 0.311. The molecule has 2 bridgehead atoms. The van der Waals surface area contributed by atoms with Gasteiger partial charge in [-0.3, -0.25) is 24.0 Å². The summed E-state index contributed by atoms with van der Waals surface area (Å²) in [7, 11) is 0. The van der Waals surface area contributed by atoms with Gasteiger partial charge in [0, 0.05) is 28.4 Å². The van der Waals surface area contributed by atoms with Gasteiger partial charge in [-0.1, -0.05) is 58.4 Å². The Morgan fingerprint density at radius 1 is 0.978 bits per heavy atom. The lowest BCUT2D eigenvalue weighted by atomic mass is 9.95. The molecule has 6 N–H and O–H groups in total. The number of thioether (sulfide) groups is 2. The van der Waals surface area contributed by atoms with E-state index in [0.717, 1.165) is 11.1 Å². The van der Waals surface area contributed by atoms with Gasteiger partial charge >= 0.3 is 0 Å². The number of rotatable bonds is 6. The number of nitrogens with one attached hydrogen (secondary N) is 4. The fourth-order valence-corrected chi connectivity index (χ4v) is 6.82. The Kier molecular flexibility index (Phi) is 14.7. The van der Waals surface area contributed by atoms with Crippen molar-refractivity contribution in [1.29, 1.82) is 0 Å². The molecule has 0 aliphatic carbocycles. The second kappa shape index (κ2) is 17.3. The fraction of sp³-hybridized carbons (Fsp3) is 0.667. The Morgan fingerprint density at radius 2 is 1.62 bits per heavy atom. The number of hydrogen-bond acceptors (Lipinski definition) is 7. The van der Waals surface area contributed by atoms with Gasteiger partial charge in [-0.25, -0.2) is 0 Å². The Labute approximate surface area is 277 Å². The maximum atomic E-state index is 13.7. The van der Waals surface area contributed by atoms with E-state index in [-0.39, 0.29) is 24.2 Å². The van der Waals surface area contributed by atoms with Gasteiger partial charge in [-0.2, -0.15) is 11.8 Å². The number of carbonyl (C=O) groups is 5. The molecule has 1 aliphatic rings. The topological polar surface area (TPSA) is 159 Å². The van der Waals surface area contributed by atoms with Crippen LogP contribution in [-0.4, -0.2) is 63.7 Å². The van der Waals surface area contributed by atoms with Gasteiger partial charge in [0.05, 0.1) is 0 Å². The number of benzene rings is 1. The summed E-state index contributed by atoms with van der Waals surface area (Å²) in [6.07, 6.45) is 1.81. The molecule has 0 saturated heterocycles. The van der Waals surface area contributed by atoms with E-state index < -0.39 is 52.0 Å². The number of hydrogen-bond donors (Lipinski definition) is 5. The van der Waals surface area contributed by atoms with Gasteiger partial charge in [0.25, 0.3) is 0 Å². The zero-order chi connectivity index (χ0) is 33.9. The number of amides is 5. The van der Waals surface area contributed by atoms with Gasteiger partial charge in [-0.15, -0.1) is 11.8 Å². The molecular formula is C33H53N5O5S2. The molecule has 0 spiro atoms. The molecule has 1 aliphatic heterocycles. The van der Waals surface area contributed by atoms with Crippen molar-refractivity contribution in [2.24, 2.45) is 17.6 Å². The zero-order valence-corrected chi connectivity index (χ0v) is 29.7. The molecule has 252 valence electrons. The van der Waals surface area contributed by atoms with E-state index in [4.69, 9.17) is 5.73 Å². The highest BCUT2D eigenvalue weighted by atomic mass is 32.2. The van der Waals surface area contributed by atoms with Crippen LogP contribution in [0.25, 0.3) is 0 Å². The highest BCUT2D eigenvalue weighted by Crippen LogP contribution is 2.32. The van der Waals surface area contributed by atoms with Gasteiger partial charge < -0.3 is 27.0 Å². The van der Waals surface area contributed by atoms with Crippen LogP contribution in [-0.2, 0) is 35.5 Å². The van der Waals surface area contributed by atoms with Crippen LogP contribution in [0.2, 0.25) is 0 Å². The van der Waals surface area contributed by atoms with Crippen molar-refractivity contribution in [3.05, 3.63) is 35.4 Å². The lowest BCUT2D eigenvalue weighted by molar-refractivity contribution is -0.136. The smallest absolute Gasteiger partial charge is 0.245 e. The van der Waals surface area contributed by atoms with E-state index in [1.54, 1.807) is 25.6 Å². The van der Waals surface area contributed by atoms with E-state index in [2.05, 4.69) is 27.3 Å². The van der Waals surface area contributed by atoms with Gasteiger partial charge in [0.15, 0.2) is 0 Å². The normalized spacial score (nSPS) is 24.6. The van der Waals surface area contributed by atoms with Gasteiger partial charge in [-0.05, 0) is 63.5 Å². The van der Waals surface area contributed by atoms with Crippen molar-refractivity contribution < 1.29 is 24.0 Å². The zero-order valence-electron chi connectivity index (χ0n) is 28.1. The SMILES string of the molecule is CC[C@H](C)[C@@H]1NC(=O)[C@H](CCC(C)C)NC(=O)C(C)(C)NC(=O)CCSCc2cccc(c2)CSC(C)(C)[C@@H](C(N)=O)NC1=O. The summed E-state index contributed by atoms with van der Waals surface area (Å²) in [5.41, 5.74) is 6.74. The van der Waals surface area contributed by atoms with E-state index in [0.29, 0.717) is 36.5 Å². The van der Waals surface area contributed by atoms with Crippen molar-refractivity contribution in [3.63, 3.8) is 0 Å². The first kappa shape index (κ1) is 38.5. The van der Waals surface area contributed by atoms with Crippen molar-refractivity contribution >= 4 is 53.1 Å². The van der Waals surface area contributed by atoms with Crippen LogP contribution in [0.15, 0.2) is 24.3 Å². The minimum atomic E-state index is -1.27. The molecule has 0 saturated carbocycles. The molecule has 1 heterocycles. The first-order valence-electron chi connectivity index (χ1n) is 15.8. The van der Waals surface area contributed by atoms with Crippen LogP contribution in [0.3, 0.4) is 0 Å². The molecule has 4 atom stereocenters. The number of nitrogens with two attached hydrogens (primary N) is 1. The summed E-state index contributed by atoms with van der Waals surface area (Å²) in [5.74, 6) is -0.573. The maximum absolute atomic E-state index is 13.7. The van der Waals surface area contributed by atoms with Crippen LogP contribution < -0.4 is 27.0 Å². The average molecular weight is 664 g/mol. The van der Waals surface area contributed by atoms with Gasteiger partial charge in [0.1, 0.15) is 23.7 Å². The van der Waals surface area contributed by atoms with E-state index >= 15 is 0 Å². The molecule has 1 aromatic carbocycles. The van der Waals surface area contributed by atoms with Crippen LogP contribution in [0.5, 0.6) is 0 Å². The molecule has 0 unspecified atom stereocenters. The Morgan fingerprint density at radius 3 is 2.22 bits per heavy atom. The predicted molar refractivity (Wildman–Crippen MR) is 183 cm³/mol. The average Bonchev–Trinajstić information content (AvgIpc) is 2.96. The molecular weight excluding hydrogens is 611 g/mol. The summed E-state index contributed by atoms with van der Waals surface area (Å²) < 4.78 is -0.764. The molecule has 0 aromatic heterocycles. The molecule has 0 fully saturated rings. The third-order valence-corrected chi connectivity index (χ3v) is 10.6. The van der Waals surface area contributed by atoms with Crippen LogP contribution in [0, 0.1) is 11.8 Å². The summed E-state index contributed by atoms with van der Waals surface area (Å²) in [6, 6.07) is 5.21. The molecule has 12 heteroatoms. The lowest BCUT2D eigenvalue weighted by Crippen LogP contribution is -2.63. The van der Waals surface area contributed by atoms with Crippen LogP contribution in [0.4, 0.5) is 0 Å². The highest BCUT2D eigenvalue weighted by molar-refractivity contribution is 8.00. The Bertz CT molecular complexity index is 1210. The number of carbonyl (C=O) groups excluding carboxylic acids is 5. The summed E-state index contributed by atoms with van der Waals surface area (Å²) >= 11 is 3.13. The minimum absolute atomic E-state index is 0.239. The third kappa shape index (κ3) is 12.2. The summed E-state index contributed by atoms with van der Waals surface area (Å²) in [4.78, 5) is 66.4. The predicted octanol–water partition coefficient (Wildman–Crippen LogP) is 3.65. The summed E-state index contributed by atoms with van der Waals surface area (Å²) in [6.45, 7) is 14.7. The first-order chi connectivity index (χ1) is 21.0. The molecule has 45 heavy (non-hydrogen) atoms. The molecule has 5 amide bonds. The fourth-order valence-electron chi connectivity index (χ4n) is 4.87. The van der Waals surface area contributed by atoms with Crippen molar-refractivity contribution in [2.45, 2.75) is 121 Å². The first-order valence-corrected chi connectivity index (χ1v) is 17.9. The number of fused-ring (bicyclic) bond motifs is 2. The second-order valence-corrected chi connectivity index (χ2v) is 16.1. The van der Waals surface area contributed by atoms with E-state index in [9.17, 15) is 24.0 Å². The van der Waals surface area contributed by atoms with E-state index in [1.807, 2.05) is 59.7 Å². The second-order valence-electron chi connectivity index (χ2n) is 13.4.